The van der Waals surface area contributed by atoms with E-state index in [1.165, 1.54) is 6.92 Å². The first-order valence-electron chi connectivity index (χ1n) is 7.99. The van der Waals surface area contributed by atoms with Gasteiger partial charge in [0.1, 0.15) is 12.2 Å². The van der Waals surface area contributed by atoms with Crippen LogP contribution < -0.4 is 0 Å². The predicted octanol–water partition coefficient (Wildman–Crippen LogP) is 2.89. The largest absolute Gasteiger partial charge is 0.464 e. The third kappa shape index (κ3) is 10.5. The van der Waals surface area contributed by atoms with Gasteiger partial charge in [0.05, 0.1) is 13.2 Å². The molecular weight excluding hydrogens is 316 g/mol. The molecule has 0 unspecified atom stereocenters. The third-order valence-corrected chi connectivity index (χ3v) is 8.08. The SMILES string of the molecule is CCOC(=O)[C@H](C)O.CCOC(=O)[C@H](C)O[Si](C)(C)C(C)(C)C. The van der Waals surface area contributed by atoms with Crippen molar-refractivity contribution in [1.82, 2.24) is 0 Å². The molecule has 138 valence electrons. The number of aliphatic hydroxyl groups is 1. The van der Waals surface area contributed by atoms with Crippen molar-refractivity contribution in [3.8, 4) is 0 Å². The van der Waals surface area contributed by atoms with Gasteiger partial charge in [-0.2, -0.15) is 0 Å². The highest BCUT2D eigenvalue weighted by Crippen LogP contribution is 2.37. The van der Waals surface area contributed by atoms with E-state index in [2.05, 4.69) is 38.6 Å². The number of carbonyl (C=O) groups excluding carboxylic acids is 2. The minimum Gasteiger partial charge on any atom is -0.464 e. The number of hydrogen-bond donors (Lipinski definition) is 1. The van der Waals surface area contributed by atoms with Gasteiger partial charge in [-0.05, 0) is 45.8 Å². The lowest BCUT2D eigenvalue weighted by molar-refractivity contribution is -0.152. The summed E-state index contributed by atoms with van der Waals surface area (Å²) < 4.78 is 15.2. The molecule has 0 amide bonds. The van der Waals surface area contributed by atoms with Gasteiger partial charge >= 0.3 is 11.9 Å². The zero-order valence-electron chi connectivity index (χ0n) is 16.1. The minimum absolute atomic E-state index is 0.119. The Balaban J connectivity index is 0. The second-order valence-corrected chi connectivity index (χ2v) is 11.5. The summed E-state index contributed by atoms with van der Waals surface area (Å²) in [5.74, 6) is -0.824. The maximum Gasteiger partial charge on any atom is 0.334 e. The molecule has 2 atom stereocenters. The number of esters is 2. The molecule has 0 saturated carbocycles. The summed E-state index contributed by atoms with van der Waals surface area (Å²) in [6.07, 6.45) is -1.44. The fourth-order valence-electron chi connectivity index (χ4n) is 1.19. The first kappa shape index (κ1) is 24.3. The van der Waals surface area contributed by atoms with Gasteiger partial charge in [0.25, 0.3) is 0 Å². The molecule has 7 heteroatoms. The van der Waals surface area contributed by atoms with Crippen molar-refractivity contribution >= 4 is 20.3 Å². The molecule has 0 heterocycles. The molecule has 0 spiro atoms. The molecule has 0 aliphatic rings. The van der Waals surface area contributed by atoms with Crippen molar-refractivity contribution in [3.05, 3.63) is 0 Å². The smallest absolute Gasteiger partial charge is 0.334 e. The standard InChI is InChI=1S/C11H24O3Si.C5H10O3/c1-8-13-10(12)9(2)14-15(6,7)11(3,4)5;1-3-8-5(7)4(2)6/h9H,8H2,1-7H3;4,6H,3H2,1-2H3/t9-;4-/m00/s1. The fraction of sp³-hybridized carbons (Fsp3) is 0.875. The number of hydrogen-bond acceptors (Lipinski definition) is 6. The molecule has 0 aliphatic carbocycles. The highest BCUT2D eigenvalue weighted by Gasteiger charge is 2.39. The van der Waals surface area contributed by atoms with Crippen LogP contribution in [0.4, 0.5) is 0 Å². The Morgan fingerprint density at radius 3 is 1.65 bits per heavy atom. The van der Waals surface area contributed by atoms with Gasteiger partial charge in [0.15, 0.2) is 8.32 Å². The van der Waals surface area contributed by atoms with Crippen LogP contribution in [-0.2, 0) is 23.5 Å². The molecule has 6 nitrogen and oxygen atoms in total. The van der Waals surface area contributed by atoms with Crippen LogP contribution in [0.2, 0.25) is 18.1 Å². The Bertz CT molecular complexity index is 360. The van der Waals surface area contributed by atoms with Crippen LogP contribution in [-0.4, -0.2) is 50.8 Å². The molecule has 0 aliphatic heterocycles. The van der Waals surface area contributed by atoms with E-state index in [-0.39, 0.29) is 11.0 Å². The molecule has 23 heavy (non-hydrogen) atoms. The average Bonchev–Trinajstić information content (AvgIpc) is 2.38. The normalized spacial score (nSPS) is 14.2. The molecule has 0 bridgehead atoms. The van der Waals surface area contributed by atoms with E-state index in [0.29, 0.717) is 13.2 Å². The highest BCUT2D eigenvalue weighted by molar-refractivity contribution is 6.74. The van der Waals surface area contributed by atoms with Crippen molar-refractivity contribution < 1.29 is 28.6 Å². The van der Waals surface area contributed by atoms with E-state index >= 15 is 0 Å². The van der Waals surface area contributed by atoms with E-state index < -0.39 is 26.5 Å². The summed E-state index contributed by atoms with van der Waals surface area (Å²) in [6, 6.07) is 0. The van der Waals surface area contributed by atoms with Gasteiger partial charge in [0, 0.05) is 0 Å². The summed E-state index contributed by atoms with van der Waals surface area (Å²) in [5, 5.41) is 8.60. The quantitative estimate of drug-likeness (QED) is 0.586. The molecule has 0 aromatic heterocycles. The van der Waals surface area contributed by atoms with Crippen molar-refractivity contribution in [3.63, 3.8) is 0 Å². The molecule has 1 N–H and O–H groups in total. The molecule has 0 radical (unpaired) electrons. The molecule has 0 fully saturated rings. The van der Waals surface area contributed by atoms with E-state index in [0.717, 1.165) is 0 Å². The van der Waals surface area contributed by atoms with Gasteiger partial charge in [-0.25, -0.2) is 9.59 Å². The van der Waals surface area contributed by atoms with E-state index in [1.54, 1.807) is 20.8 Å². The van der Waals surface area contributed by atoms with Crippen LogP contribution in [0.25, 0.3) is 0 Å². The maximum absolute atomic E-state index is 11.4. The van der Waals surface area contributed by atoms with Crippen LogP contribution in [0, 0.1) is 0 Å². The highest BCUT2D eigenvalue weighted by atomic mass is 28.4. The Kier molecular flexibility index (Phi) is 11.4. The van der Waals surface area contributed by atoms with E-state index in [9.17, 15) is 9.59 Å². The zero-order valence-corrected chi connectivity index (χ0v) is 17.1. The van der Waals surface area contributed by atoms with Crippen LogP contribution in [0.1, 0.15) is 48.5 Å². The first-order valence-corrected chi connectivity index (χ1v) is 10.9. The van der Waals surface area contributed by atoms with Gasteiger partial charge in [-0.1, -0.05) is 20.8 Å². The lowest BCUT2D eigenvalue weighted by Gasteiger charge is -2.37. The van der Waals surface area contributed by atoms with Crippen molar-refractivity contribution in [2.45, 2.75) is 78.8 Å². The summed E-state index contributed by atoms with van der Waals surface area (Å²) in [7, 11) is -1.86. The monoisotopic (exact) mass is 350 g/mol. The van der Waals surface area contributed by atoms with Crippen molar-refractivity contribution in [1.29, 1.82) is 0 Å². The molecule has 0 aromatic rings. The second-order valence-electron chi connectivity index (χ2n) is 6.70. The number of aliphatic hydroxyl groups excluding tert-OH is 1. The predicted molar refractivity (Wildman–Crippen MR) is 92.7 cm³/mol. The topological polar surface area (TPSA) is 82.1 Å². The lowest BCUT2D eigenvalue weighted by atomic mass is 10.2. The fourth-order valence-corrected chi connectivity index (χ4v) is 2.52. The first-order chi connectivity index (χ1) is 10.3. The lowest BCUT2D eigenvalue weighted by Crippen LogP contribution is -2.45. The Hall–Kier alpha value is -0.923. The molecular formula is C16H34O6Si. The molecule has 0 rings (SSSR count). The summed E-state index contributed by atoms with van der Waals surface area (Å²) in [4.78, 5) is 21.7. The second kappa shape index (κ2) is 10.8. The van der Waals surface area contributed by atoms with Crippen LogP contribution >= 0.6 is 0 Å². The summed E-state index contributed by atoms with van der Waals surface area (Å²) >= 11 is 0. The number of ether oxygens (including phenoxy) is 2. The maximum atomic E-state index is 11.4. The van der Waals surface area contributed by atoms with E-state index in [4.69, 9.17) is 14.3 Å². The summed E-state index contributed by atoms with van der Waals surface area (Å²) in [6.45, 7) is 18.1. The Morgan fingerprint density at radius 1 is 1.00 bits per heavy atom. The number of carbonyl (C=O) groups is 2. The van der Waals surface area contributed by atoms with Crippen molar-refractivity contribution in [2.24, 2.45) is 0 Å². The van der Waals surface area contributed by atoms with Gasteiger partial charge in [-0.15, -0.1) is 0 Å². The molecule has 0 aromatic carbocycles. The van der Waals surface area contributed by atoms with Crippen LogP contribution in [0.15, 0.2) is 0 Å². The molecule has 0 saturated heterocycles. The van der Waals surface area contributed by atoms with Crippen LogP contribution in [0.3, 0.4) is 0 Å². The van der Waals surface area contributed by atoms with Gasteiger partial charge < -0.3 is 19.0 Å². The number of rotatable bonds is 6. The van der Waals surface area contributed by atoms with Crippen LogP contribution in [0.5, 0.6) is 0 Å². The third-order valence-electron chi connectivity index (χ3n) is 3.52. The van der Waals surface area contributed by atoms with Crippen molar-refractivity contribution in [2.75, 3.05) is 13.2 Å². The Labute approximate surface area is 141 Å². The van der Waals surface area contributed by atoms with Gasteiger partial charge in [-0.3, -0.25) is 0 Å². The van der Waals surface area contributed by atoms with Gasteiger partial charge in [0.2, 0.25) is 0 Å². The summed E-state index contributed by atoms with van der Waals surface area (Å²) in [5.41, 5.74) is 0. The average molecular weight is 351 g/mol. The minimum atomic E-state index is -1.86. The zero-order chi connectivity index (χ0) is 18.8. The Morgan fingerprint density at radius 2 is 1.39 bits per heavy atom. The van der Waals surface area contributed by atoms with E-state index in [1.807, 2.05) is 0 Å².